The number of benzene rings is 1. The van der Waals surface area contributed by atoms with Gasteiger partial charge in [0, 0.05) is 32.1 Å². The number of halogens is 1. The van der Waals surface area contributed by atoms with Crippen LogP contribution >= 0.6 is 24.0 Å². The van der Waals surface area contributed by atoms with Gasteiger partial charge >= 0.3 is 5.97 Å². The fourth-order valence-corrected chi connectivity index (χ4v) is 5.95. The number of carboxylic acids is 1. The molecule has 2 heterocycles. The summed E-state index contributed by atoms with van der Waals surface area (Å²) >= 11 is 6.71. The van der Waals surface area contributed by atoms with Crippen LogP contribution in [0.4, 0.5) is 10.2 Å². The van der Waals surface area contributed by atoms with E-state index < -0.39 is 11.5 Å². The molecule has 1 aliphatic heterocycles. The Bertz CT molecular complexity index is 1410. The topological polar surface area (TPSA) is 115 Å². The number of pyridine rings is 1. The van der Waals surface area contributed by atoms with Crippen molar-refractivity contribution in [2.24, 2.45) is 7.05 Å². The van der Waals surface area contributed by atoms with Gasteiger partial charge in [-0.3, -0.25) is 23.9 Å². The Hall–Kier alpha value is -3.49. The van der Waals surface area contributed by atoms with E-state index in [2.05, 4.69) is 5.32 Å². The van der Waals surface area contributed by atoms with Crippen LogP contribution in [0.25, 0.3) is 6.08 Å². The molecule has 1 aliphatic rings. The van der Waals surface area contributed by atoms with Gasteiger partial charge in [-0.05, 0) is 49.1 Å². The summed E-state index contributed by atoms with van der Waals surface area (Å²) in [6.07, 6.45) is 9.58. The van der Waals surface area contributed by atoms with Crippen molar-refractivity contribution in [1.82, 2.24) is 9.47 Å². The highest BCUT2D eigenvalue weighted by atomic mass is 32.2. The molecule has 0 saturated carbocycles. The van der Waals surface area contributed by atoms with Crippen LogP contribution in [0.2, 0.25) is 0 Å². The summed E-state index contributed by atoms with van der Waals surface area (Å²) in [5.74, 6) is -0.840. The highest BCUT2D eigenvalue weighted by Crippen LogP contribution is 2.35. The molecule has 1 amide bonds. The number of thioether (sulfide) groups is 1. The van der Waals surface area contributed by atoms with Crippen LogP contribution in [0, 0.1) is 24.1 Å². The molecule has 2 aromatic rings. The fourth-order valence-electron chi connectivity index (χ4n) is 4.66. The number of nitrogens with one attached hydrogen (secondary N) is 1. The minimum atomic E-state index is -0.745. The first kappa shape index (κ1) is 32.0. The molecular formula is C30H35FN4O4S2. The average Bonchev–Trinajstić information content (AvgIpc) is 3.20. The number of unbranched alkanes of at least 4 members (excludes halogenated alkanes) is 7. The standard InChI is InChI=1S/C30H35FN4O4S2/c1-20-23(27(34(2)28(38)24(20)18-32)33-19-21-12-14-22(31)15-13-21)17-25-29(39)35(30(40)41-25)16-10-8-6-4-3-5-7-9-11-26(36)37/h12-15,17,33H,3-11,16,19H2,1-2H3,(H,36,37)/b25-17+. The van der Waals surface area contributed by atoms with E-state index in [1.807, 2.05) is 6.07 Å². The van der Waals surface area contributed by atoms with Gasteiger partial charge in [-0.25, -0.2) is 4.39 Å². The third kappa shape index (κ3) is 8.75. The van der Waals surface area contributed by atoms with Crippen molar-refractivity contribution < 1.29 is 19.1 Å². The number of aromatic nitrogens is 1. The van der Waals surface area contributed by atoms with Crippen LogP contribution < -0.4 is 10.9 Å². The molecular weight excluding hydrogens is 563 g/mol. The van der Waals surface area contributed by atoms with Gasteiger partial charge in [0.15, 0.2) is 0 Å². The van der Waals surface area contributed by atoms with Crippen molar-refractivity contribution in [2.75, 3.05) is 11.9 Å². The van der Waals surface area contributed by atoms with Crippen molar-refractivity contribution in [3.05, 3.63) is 67.6 Å². The molecule has 218 valence electrons. The Kier molecular flexibility index (Phi) is 12.1. The normalized spacial score (nSPS) is 14.1. The zero-order valence-electron chi connectivity index (χ0n) is 23.4. The van der Waals surface area contributed by atoms with Crippen molar-refractivity contribution in [2.45, 2.75) is 71.3 Å². The van der Waals surface area contributed by atoms with Gasteiger partial charge in [-0.15, -0.1) is 0 Å². The molecule has 0 bridgehead atoms. The number of aliphatic carboxylic acids is 1. The van der Waals surface area contributed by atoms with Crippen molar-refractivity contribution >= 4 is 52.1 Å². The third-order valence-corrected chi connectivity index (χ3v) is 8.42. The van der Waals surface area contributed by atoms with Gasteiger partial charge < -0.3 is 10.4 Å². The van der Waals surface area contributed by atoms with Crippen LogP contribution in [0.1, 0.15) is 80.0 Å². The summed E-state index contributed by atoms with van der Waals surface area (Å²) in [5, 5.41) is 21.6. The number of hydrogen-bond donors (Lipinski definition) is 2. The molecule has 3 rings (SSSR count). The second-order valence-corrected chi connectivity index (χ2v) is 11.7. The van der Waals surface area contributed by atoms with E-state index in [1.165, 1.54) is 28.5 Å². The molecule has 0 radical (unpaired) electrons. The minimum absolute atomic E-state index is 0.00319. The summed E-state index contributed by atoms with van der Waals surface area (Å²) in [6.45, 7) is 2.51. The Balaban J connectivity index is 1.66. The monoisotopic (exact) mass is 598 g/mol. The van der Waals surface area contributed by atoms with Gasteiger partial charge in [-0.1, -0.05) is 74.6 Å². The largest absolute Gasteiger partial charge is 0.481 e. The lowest BCUT2D eigenvalue weighted by molar-refractivity contribution is -0.137. The van der Waals surface area contributed by atoms with Gasteiger partial charge in [0.2, 0.25) is 0 Å². The van der Waals surface area contributed by atoms with Crippen molar-refractivity contribution in [3.63, 3.8) is 0 Å². The number of carbonyl (C=O) groups is 2. The maximum absolute atomic E-state index is 13.3. The fraction of sp³-hybridized carbons (Fsp3) is 0.433. The first-order valence-electron chi connectivity index (χ1n) is 13.7. The number of nitrogens with zero attached hydrogens (tertiary/aromatic N) is 3. The van der Waals surface area contributed by atoms with E-state index in [0.29, 0.717) is 39.3 Å². The molecule has 0 spiro atoms. The molecule has 1 aromatic carbocycles. The number of rotatable bonds is 15. The maximum Gasteiger partial charge on any atom is 0.303 e. The first-order valence-corrected chi connectivity index (χ1v) is 15.0. The molecule has 11 heteroatoms. The Morgan fingerprint density at radius 3 is 2.32 bits per heavy atom. The van der Waals surface area contributed by atoms with E-state index in [9.17, 15) is 24.0 Å². The lowest BCUT2D eigenvalue weighted by Crippen LogP contribution is -2.29. The molecule has 8 nitrogen and oxygen atoms in total. The van der Waals surface area contributed by atoms with Crippen LogP contribution in [0.5, 0.6) is 0 Å². The van der Waals surface area contributed by atoms with Gasteiger partial charge in [0.1, 0.15) is 27.6 Å². The van der Waals surface area contributed by atoms with E-state index in [4.69, 9.17) is 17.3 Å². The number of anilines is 1. The molecule has 1 aromatic heterocycles. The molecule has 1 fully saturated rings. The zero-order valence-corrected chi connectivity index (χ0v) is 25.0. The van der Waals surface area contributed by atoms with Crippen LogP contribution in [0.15, 0.2) is 34.0 Å². The zero-order chi connectivity index (χ0) is 29.9. The van der Waals surface area contributed by atoms with Gasteiger partial charge in [-0.2, -0.15) is 5.26 Å². The predicted octanol–water partition coefficient (Wildman–Crippen LogP) is 6.11. The Labute approximate surface area is 249 Å². The first-order chi connectivity index (χ1) is 19.6. The lowest BCUT2D eigenvalue weighted by atomic mass is 10.0. The van der Waals surface area contributed by atoms with E-state index in [-0.39, 0.29) is 23.7 Å². The highest BCUT2D eigenvalue weighted by Gasteiger charge is 2.32. The lowest BCUT2D eigenvalue weighted by Gasteiger charge is -2.18. The number of nitriles is 1. The Morgan fingerprint density at radius 2 is 1.71 bits per heavy atom. The van der Waals surface area contributed by atoms with E-state index >= 15 is 0 Å². The van der Waals surface area contributed by atoms with Crippen LogP contribution in [-0.4, -0.2) is 37.3 Å². The summed E-state index contributed by atoms with van der Waals surface area (Å²) in [5.41, 5.74) is 1.37. The molecule has 0 atom stereocenters. The number of hydrogen-bond acceptors (Lipinski definition) is 7. The number of carbonyl (C=O) groups excluding carboxylic acids is 1. The average molecular weight is 599 g/mol. The van der Waals surface area contributed by atoms with Crippen LogP contribution in [-0.2, 0) is 23.2 Å². The SMILES string of the molecule is Cc1c(/C=C2/SC(=S)N(CCCCCCCCCCC(=O)O)C2=O)c(NCc2ccc(F)cc2)n(C)c(=O)c1C#N. The maximum atomic E-state index is 13.3. The van der Waals surface area contributed by atoms with Crippen molar-refractivity contribution in [3.8, 4) is 6.07 Å². The summed E-state index contributed by atoms with van der Waals surface area (Å²) in [4.78, 5) is 38.7. The molecule has 0 aliphatic carbocycles. The van der Waals surface area contributed by atoms with E-state index in [0.717, 1.165) is 56.9 Å². The smallest absolute Gasteiger partial charge is 0.303 e. The minimum Gasteiger partial charge on any atom is -0.481 e. The molecule has 0 unspecified atom stereocenters. The summed E-state index contributed by atoms with van der Waals surface area (Å²) in [6, 6.07) is 7.99. The predicted molar refractivity (Wildman–Crippen MR) is 164 cm³/mol. The number of amides is 1. The molecule has 1 saturated heterocycles. The number of carboxylic acid groups (broad SMARTS) is 1. The van der Waals surface area contributed by atoms with E-state index in [1.54, 1.807) is 37.1 Å². The van der Waals surface area contributed by atoms with Crippen LogP contribution in [0.3, 0.4) is 0 Å². The quantitative estimate of drug-likeness (QED) is 0.143. The summed E-state index contributed by atoms with van der Waals surface area (Å²) in [7, 11) is 1.56. The second kappa shape index (κ2) is 15.5. The second-order valence-electron chi connectivity index (χ2n) is 10.0. The molecule has 2 N–H and O–H groups in total. The van der Waals surface area contributed by atoms with Crippen molar-refractivity contribution in [1.29, 1.82) is 5.26 Å². The summed E-state index contributed by atoms with van der Waals surface area (Å²) < 4.78 is 15.2. The number of thiocarbonyl (C=S) groups is 1. The highest BCUT2D eigenvalue weighted by molar-refractivity contribution is 8.26. The van der Waals surface area contributed by atoms with Gasteiger partial charge in [0.05, 0.1) is 4.91 Å². The van der Waals surface area contributed by atoms with Gasteiger partial charge in [0.25, 0.3) is 11.5 Å². The third-order valence-electron chi connectivity index (χ3n) is 7.04. The Morgan fingerprint density at radius 1 is 1.10 bits per heavy atom. The molecule has 41 heavy (non-hydrogen) atoms.